The number of aliphatic hydroxyl groups is 1. The fourth-order valence-corrected chi connectivity index (χ4v) is 3.45. The Bertz CT molecular complexity index is 1100. The maximum atomic E-state index is 13.1. The molecule has 1 fully saturated rings. The highest BCUT2D eigenvalue weighted by Crippen LogP contribution is 2.35. The number of anilines is 1. The van der Waals surface area contributed by atoms with Gasteiger partial charge in [0.2, 0.25) is 5.95 Å². The third-order valence-electron chi connectivity index (χ3n) is 5.24. The summed E-state index contributed by atoms with van der Waals surface area (Å²) < 4.78 is 39.3. The van der Waals surface area contributed by atoms with Crippen LogP contribution in [0.25, 0.3) is 22.3 Å². The monoisotopic (exact) mass is 402 g/mol. The second kappa shape index (κ2) is 7.00. The molecule has 0 aliphatic heterocycles. The number of aliphatic hydroxyl groups excluding tert-OH is 1. The van der Waals surface area contributed by atoms with Crippen molar-refractivity contribution in [3.8, 4) is 17.3 Å². The molecule has 1 aliphatic rings. The van der Waals surface area contributed by atoms with E-state index >= 15 is 0 Å². The molecule has 10 heteroatoms. The zero-order valence-electron chi connectivity index (χ0n) is 15.3. The van der Waals surface area contributed by atoms with Gasteiger partial charge in [-0.2, -0.15) is 18.4 Å². The highest BCUT2D eigenvalue weighted by Gasteiger charge is 2.33. The summed E-state index contributed by atoms with van der Waals surface area (Å²) >= 11 is 0. The first-order chi connectivity index (χ1) is 13.8. The van der Waals surface area contributed by atoms with Crippen LogP contribution >= 0.6 is 0 Å². The zero-order chi connectivity index (χ0) is 20.8. The summed E-state index contributed by atoms with van der Waals surface area (Å²) in [5.74, 6) is 0.543. The zero-order valence-corrected chi connectivity index (χ0v) is 15.3. The fourth-order valence-electron chi connectivity index (χ4n) is 3.45. The third-order valence-corrected chi connectivity index (χ3v) is 5.24. The van der Waals surface area contributed by atoms with Crippen molar-refractivity contribution in [3.05, 3.63) is 35.8 Å². The molecule has 0 spiro atoms. The summed E-state index contributed by atoms with van der Waals surface area (Å²) in [7, 11) is 0. The van der Waals surface area contributed by atoms with Crippen LogP contribution in [0, 0.1) is 17.2 Å². The Morgan fingerprint density at radius 3 is 2.72 bits per heavy atom. The quantitative estimate of drug-likeness (QED) is 0.616. The topological polar surface area (TPSA) is 111 Å². The summed E-state index contributed by atoms with van der Waals surface area (Å²) in [5.41, 5.74) is 0.0851. The molecule has 1 aliphatic carbocycles. The summed E-state index contributed by atoms with van der Waals surface area (Å²) in [5, 5.41) is 22.3. The Hall–Kier alpha value is -3.19. The molecule has 150 valence electrons. The van der Waals surface area contributed by atoms with Crippen molar-refractivity contribution in [1.82, 2.24) is 19.9 Å². The summed E-state index contributed by atoms with van der Waals surface area (Å²) in [6.07, 6.45) is 0.133. The average molecular weight is 402 g/mol. The predicted molar refractivity (Wildman–Crippen MR) is 98.7 cm³/mol. The van der Waals surface area contributed by atoms with E-state index in [1.807, 2.05) is 13.0 Å². The van der Waals surface area contributed by atoms with Crippen molar-refractivity contribution >= 4 is 17.0 Å². The molecule has 0 amide bonds. The van der Waals surface area contributed by atoms with Crippen molar-refractivity contribution in [2.24, 2.45) is 5.92 Å². The molecule has 0 radical (unpaired) electrons. The second-order valence-electron chi connectivity index (χ2n) is 7.21. The van der Waals surface area contributed by atoms with Crippen molar-refractivity contribution in [2.75, 3.05) is 5.32 Å². The Balaban J connectivity index is 1.73. The number of nitrogens with zero attached hydrogens (tertiary/aromatic N) is 4. The van der Waals surface area contributed by atoms with E-state index in [2.05, 4.69) is 25.3 Å². The van der Waals surface area contributed by atoms with Crippen LogP contribution in [0.15, 0.2) is 24.7 Å². The van der Waals surface area contributed by atoms with Crippen LogP contribution in [0.4, 0.5) is 19.1 Å². The smallest absolute Gasteiger partial charge is 0.393 e. The molecule has 3 N–H and O–H groups in total. The lowest BCUT2D eigenvalue weighted by Gasteiger charge is -2.36. The van der Waals surface area contributed by atoms with Crippen LogP contribution in [0.2, 0.25) is 0 Å². The molecule has 0 saturated heterocycles. The minimum absolute atomic E-state index is 0.000605. The molecular formula is C19H17F3N6O. The lowest BCUT2D eigenvalue weighted by atomic mass is 9.78. The van der Waals surface area contributed by atoms with Gasteiger partial charge in [0.25, 0.3) is 0 Å². The highest BCUT2D eigenvalue weighted by molar-refractivity contribution is 5.94. The number of nitrogens with one attached hydrogen (secondary N) is 2. The summed E-state index contributed by atoms with van der Waals surface area (Å²) in [4.78, 5) is 15.2. The number of fused-ring (bicyclic) bond motifs is 1. The van der Waals surface area contributed by atoms with E-state index in [0.717, 1.165) is 12.3 Å². The average Bonchev–Trinajstić information content (AvgIpc) is 3.07. The SMILES string of the molecule is C[C@H](Nc1ncc(C#N)c(-c2c[nH]c3ncc(C(F)(F)F)cc23)n1)C1CC(O)C1. The van der Waals surface area contributed by atoms with Gasteiger partial charge in [0.1, 0.15) is 11.7 Å². The Kier molecular flexibility index (Phi) is 4.62. The molecular weight excluding hydrogens is 385 g/mol. The van der Waals surface area contributed by atoms with Gasteiger partial charge < -0.3 is 15.4 Å². The van der Waals surface area contributed by atoms with E-state index in [-0.39, 0.29) is 46.3 Å². The lowest BCUT2D eigenvalue weighted by Crippen LogP contribution is -2.39. The molecule has 1 atom stereocenters. The van der Waals surface area contributed by atoms with E-state index in [0.29, 0.717) is 18.4 Å². The molecule has 1 saturated carbocycles. The first-order valence-corrected chi connectivity index (χ1v) is 9.02. The number of hydrogen-bond donors (Lipinski definition) is 3. The van der Waals surface area contributed by atoms with E-state index in [9.17, 15) is 23.5 Å². The standard InChI is InChI=1S/C19H17F3N6O/c1-9(10-2-13(29)3-10)27-18-26-6-11(5-23)16(28-18)15-8-25-17-14(15)4-12(7-24-17)19(20,21)22/h4,6-10,13,29H,2-3H2,1H3,(H,24,25)(H,26,27,28)/t9-,10?,13?/m0/s1. The first-order valence-electron chi connectivity index (χ1n) is 9.02. The number of aromatic amines is 1. The first kappa shape index (κ1) is 19.1. The Morgan fingerprint density at radius 2 is 2.07 bits per heavy atom. The van der Waals surface area contributed by atoms with Gasteiger partial charge in [-0.05, 0) is 31.7 Å². The molecule has 7 nitrogen and oxygen atoms in total. The third kappa shape index (κ3) is 3.61. The largest absolute Gasteiger partial charge is 0.417 e. The molecule has 4 rings (SSSR count). The van der Waals surface area contributed by atoms with Gasteiger partial charge in [0.05, 0.1) is 29.1 Å². The number of rotatable bonds is 4. The van der Waals surface area contributed by atoms with Gasteiger partial charge in [0, 0.05) is 29.4 Å². The van der Waals surface area contributed by atoms with Crippen molar-refractivity contribution < 1.29 is 18.3 Å². The van der Waals surface area contributed by atoms with Crippen LogP contribution < -0.4 is 5.32 Å². The van der Waals surface area contributed by atoms with Gasteiger partial charge in [0.15, 0.2) is 0 Å². The van der Waals surface area contributed by atoms with E-state index in [1.54, 1.807) is 0 Å². The lowest BCUT2D eigenvalue weighted by molar-refractivity contribution is -0.137. The molecule has 3 aromatic rings. The van der Waals surface area contributed by atoms with Gasteiger partial charge in [-0.15, -0.1) is 0 Å². The van der Waals surface area contributed by atoms with Crippen LogP contribution in [-0.4, -0.2) is 37.2 Å². The molecule has 3 heterocycles. The predicted octanol–water partition coefficient (Wildman–Crippen LogP) is 3.48. The van der Waals surface area contributed by atoms with Crippen molar-refractivity contribution in [3.63, 3.8) is 0 Å². The maximum Gasteiger partial charge on any atom is 0.417 e. The summed E-state index contributed by atoms with van der Waals surface area (Å²) in [6.45, 7) is 1.95. The molecule has 29 heavy (non-hydrogen) atoms. The van der Waals surface area contributed by atoms with Gasteiger partial charge in [-0.25, -0.2) is 15.0 Å². The number of aromatic nitrogens is 4. The van der Waals surface area contributed by atoms with Crippen molar-refractivity contribution in [2.45, 2.75) is 38.1 Å². The van der Waals surface area contributed by atoms with E-state index < -0.39 is 11.7 Å². The Labute approximate surface area is 163 Å². The van der Waals surface area contributed by atoms with E-state index in [4.69, 9.17) is 0 Å². The molecule has 0 unspecified atom stereocenters. The van der Waals surface area contributed by atoms with Crippen LogP contribution in [0.3, 0.4) is 0 Å². The molecule has 0 bridgehead atoms. The maximum absolute atomic E-state index is 13.1. The number of alkyl halides is 3. The molecule has 0 aromatic carbocycles. The number of nitriles is 1. The van der Waals surface area contributed by atoms with Gasteiger partial charge in [-0.1, -0.05) is 0 Å². The Morgan fingerprint density at radius 1 is 1.31 bits per heavy atom. The van der Waals surface area contributed by atoms with Crippen LogP contribution in [-0.2, 0) is 6.18 Å². The second-order valence-corrected chi connectivity index (χ2v) is 7.21. The van der Waals surface area contributed by atoms with Gasteiger partial charge in [-0.3, -0.25) is 0 Å². The van der Waals surface area contributed by atoms with Crippen molar-refractivity contribution in [1.29, 1.82) is 5.26 Å². The fraction of sp³-hybridized carbons (Fsp3) is 0.368. The minimum Gasteiger partial charge on any atom is -0.393 e. The minimum atomic E-state index is -4.53. The molecule has 3 aromatic heterocycles. The van der Waals surface area contributed by atoms with E-state index in [1.165, 1.54) is 12.4 Å². The highest BCUT2D eigenvalue weighted by atomic mass is 19.4. The summed E-state index contributed by atoms with van der Waals surface area (Å²) in [6, 6.07) is 2.97. The van der Waals surface area contributed by atoms with Crippen LogP contribution in [0.1, 0.15) is 30.9 Å². The normalized spacial score (nSPS) is 20.1. The van der Waals surface area contributed by atoms with Gasteiger partial charge >= 0.3 is 6.18 Å². The number of hydrogen-bond acceptors (Lipinski definition) is 6. The number of halogens is 3. The number of pyridine rings is 1. The van der Waals surface area contributed by atoms with Crippen LogP contribution in [0.5, 0.6) is 0 Å². The number of H-pyrrole nitrogens is 1.